The second kappa shape index (κ2) is 5.06. The summed E-state index contributed by atoms with van der Waals surface area (Å²) in [6.45, 7) is 0. The molecular formula is C9H11NO5S. The van der Waals surface area contributed by atoms with Gasteiger partial charge in [-0.05, 0) is 11.6 Å². The third kappa shape index (κ3) is 3.97. The Kier molecular flexibility index (Phi) is 3.99. The minimum Gasteiger partial charge on any atom is -0.326 e. The summed E-state index contributed by atoms with van der Waals surface area (Å²) in [5, 5.41) is 2.76. The highest BCUT2D eigenvalue weighted by molar-refractivity contribution is 7.80. The van der Waals surface area contributed by atoms with E-state index in [-0.39, 0.29) is 5.91 Å². The number of carbonyl (C=O) groups excluding carboxylic acids is 1. The van der Waals surface area contributed by atoms with Gasteiger partial charge in [-0.15, -0.1) is 0 Å². The first kappa shape index (κ1) is 12.6. The number of carbonyl (C=O) groups is 1. The minimum atomic E-state index is -4.16. The van der Waals surface area contributed by atoms with E-state index in [9.17, 15) is 13.2 Å². The molecule has 88 valence electrons. The molecule has 0 aromatic heterocycles. The number of fused-ring (bicyclic) bond motifs is 1. The minimum absolute atomic E-state index is 0.0983. The first-order valence-corrected chi connectivity index (χ1v) is 5.69. The average Bonchev–Trinajstić information content (AvgIpc) is 2.57. The van der Waals surface area contributed by atoms with Crippen molar-refractivity contribution in [3.8, 4) is 0 Å². The topological polar surface area (TPSA) is 92.7 Å². The van der Waals surface area contributed by atoms with Gasteiger partial charge < -0.3 is 5.32 Å². The molecule has 0 aliphatic carbocycles. The number of nitrogens with one attached hydrogen (secondary N) is 1. The Labute approximate surface area is 93.2 Å². The van der Waals surface area contributed by atoms with Gasteiger partial charge in [0.25, 0.3) is 0 Å². The quantitative estimate of drug-likeness (QED) is 0.707. The number of para-hydroxylation sites is 1. The van der Waals surface area contributed by atoms with Crippen LogP contribution in [0.2, 0.25) is 0 Å². The second-order valence-electron chi connectivity index (χ2n) is 2.98. The molecular weight excluding hydrogens is 234 g/mol. The third-order valence-electron chi connectivity index (χ3n) is 1.85. The molecule has 0 unspecified atom stereocenters. The van der Waals surface area contributed by atoms with Gasteiger partial charge in [-0.3, -0.25) is 13.5 Å². The van der Waals surface area contributed by atoms with Crippen LogP contribution in [0.1, 0.15) is 5.56 Å². The largest absolute Gasteiger partial charge is 0.397 e. The number of hydrogen-bond acceptors (Lipinski definition) is 4. The maximum absolute atomic E-state index is 10.8. The fourth-order valence-corrected chi connectivity index (χ4v) is 1.16. The molecule has 0 saturated heterocycles. The van der Waals surface area contributed by atoms with E-state index < -0.39 is 10.4 Å². The van der Waals surface area contributed by atoms with Crippen molar-refractivity contribution in [1.29, 1.82) is 0 Å². The van der Waals surface area contributed by atoms with Gasteiger partial charge in [-0.2, -0.15) is 8.42 Å². The molecule has 16 heavy (non-hydrogen) atoms. The smallest absolute Gasteiger partial charge is 0.326 e. The van der Waals surface area contributed by atoms with Gasteiger partial charge >= 0.3 is 10.4 Å². The highest BCUT2D eigenvalue weighted by atomic mass is 32.3. The van der Waals surface area contributed by atoms with Gasteiger partial charge in [0.05, 0.1) is 13.5 Å². The summed E-state index contributed by atoms with van der Waals surface area (Å²) in [5.74, 6) is 0.0983. The SMILES string of the molecule is COS(=O)(=O)O.O=C1Cc2ccccc2N1. The van der Waals surface area contributed by atoms with Crippen LogP contribution in [0.15, 0.2) is 24.3 Å². The molecule has 0 atom stereocenters. The van der Waals surface area contributed by atoms with Crippen molar-refractivity contribution < 1.29 is 21.9 Å². The third-order valence-corrected chi connectivity index (χ3v) is 2.27. The predicted octanol–water partition coefficient (Wildman–Crippen LogP) is 0.617. The molecule has 1 aliphatic rings. The summed E-state index contributed by atoms with van der Waals surface area (Å²) in [4.78, 5) is 10.8. The Bertz CT molecular complexity index is 455. The van der Waals surface area contributed by atoms with Crippen LogP contribution in [0.5, 0.6) is 0 Å². The van der Waals surface area contributed by atoms with E-state index in [1.54, 1.807) is 0 Å². The number of amides is 1. The van der Waals surface area contributed by atoms with Crippen LogP contribution in [0.3, 0.4) is 0 Å². The molecule has 0 spiro atoms. The summed E-state index contributed by atoms with van der Waals surface area (Å²) in [6, 6.07) is 7.75. The predicted molar refractivity (Wildman–Crippen MR) is 57.3 cm³/mol. The van der Waals surface area contributed by atoms with E-state index in [4.69, 9.17) is 4.55 Å². The van der Waals surface area contributed by atoms with Crippen molar-refractivity contribution in [2.24, 2.45) is 0 Å². The Morgan fingerprint density at radius 2 is 1.94 bits per heavy atom. The zero-order valence-corrected chi connectivity index (χ0v) is 9.32. The monoisotopic (exact) mass is 245 g/mol. The molecule has 6 nitrogen and oxygen atoms in total. The molecule has 2 N–H and O–H groups in total. The van der Waals surface area contributed by atoms with E-state index in [0.717, 1.165) is 18.4 Å². The van der Waals surface area contributed by atoms with E-state index in [1.165, 1.54) is 0 Å². The van der Waals surface area contributed by atoms with Crippen molar-refractivity contribution >= 4 is 22.0 Å². The van der Waals surface area contributed by atoms with E-state index in [1.807, 2.05) is 24.3 Å². The van der Waals surface area contributed by atoms with Gasteiger partial charge in [0.1, 0.15) is 0 Å². The lowest BCUT2D eigenvalue weighted by Crippen LogP contribution is -2.03. The van der Waals surface area contributed by atoms with Gasteiger partial charge in [0, 0.05) is 5.69 Å². The van der Waals surface area contributed by atoms with Crippen LogP contribution in [0.4, 0.5) is 5.69 Å². The van der Waals surface area contributed by atoms with Crippen molar-refractivity contribution in [3.63, 3.8) is 0 Å². The molecule has 0 radical (unpaired) electrons. The average molecular weight is 245 g/mol. The number of hydrogen-bond donors (Lipinski definition) is 2. The Morgan fingerprint density at radius 3 is 2.44 bits per heavy atom. The zero-order chi connectivity index (χ0) is 12.2. The van der Waals surface area contributed by atoms with Crippen molar-refractivity contribution in [1.82, 2.24) is 0 Å². The standard InChI is InChI=1S/C8H7NO.CH4O4S/c10-8-5-6-3-1-2-4-7(6)9-8;1-5-6(2,3)4/h1-4H,5H2,(H,9,10);1H3,(H,2,3,4). The summed E-state index contributed by atoms with van der Waals surface area (Å²) in [7, 11) is -3.29. The molecule has 7 heteroatoms. The Balaban J connectivity index is 0.000000187. The molecule has 0 saturated carbocycles. The van der Waals surface area contributed by atoms with Crippen LogP contribution in [-0.2, 0) is 25.8 Å². The van der Waals surface area contributed by atoms with Crippen LogP contribution >= 0.6 is 0 Å². The summed E-state index contributed by atoms with van der Waals surface area (Å²) in [5.41, 5.74) is 2.07. The van der Waals surface area contributed by atoms with Crippen molar-refractivity contribution in [2.75, 3.05) is 12.4 Å². The molecule has 1 aromatic rings. The highest BCUT2D eigenvalue weighted by Crippen LogP contribution is 2.20. The number of rotatable bonds is 1. The molecule has 1 aromatic carbocycles. The van der Waals surface area contributed by atoms with Crippen LogP contribution < -0.4 is 5.32 Å². The fraction of sp³-hybridized carbons (Fsp3) is 0.222. The molecule has 2 rings (SSSR count). The lowest BCUT2D eigenvalue weighted by atomic mass is 10.2. The second-order valence-corrected chi connectivity index (χ2v) is 4.17. The number of anilines is 1. The van der Waals surface area contributed by atoms with Gasteiger partial charge in [0.2, 0.25) is 5.91 Å². The van der Waals surface area contributed by atoms with Gasteiger partial charge in [0.15, 0.2) is 0 Å². The van der Waals surface area contributed by atoms with E-state index in [2.05, 4.69) is 9.50 Å². The Hall–Kier alpha value is -1.44. The highest BCUT2D eigenvalue weighted by Gasteiger charge is 2.15. The summed E-state index contributed by atoms with van der Waals surface area (Å²) >= 11 is 0. The molecule has 1 amide bonds. The van der Waals surface area contributed by atoms with Crippen molar-refractivity contribution in [2.45, 2.75) is 6.42 Å². The lowest BCUT2D eigenvalue weighted by molar-refractivity contribution is -0.115. The first-order chi connectivity index (χ1) is 7.42. The first-order valence-electron chi connectivity index (χ1n) is 4.33. The lowest BCUT2D eigenvalue weighted by Gasteiger charge is -1.93. The van der Waals surface area contributed by atoms with Crippen LogP contribution in [0.25, 0.3) is 0 Å². The van der Waals surface area contributed by atoms with Crippen molar-refractivity contribution in [3.05, 3.63) is 29.8 Å². The Morgan fingerprint density at radius 1 is 1.38 bits per heavy atom. The molecule has 1 aliphatic heterocycles. The van der Waals surface area contributed by atoms with Gasteiger partial charge in [-0.25, -0.2) is 0 Å². The molecule has 0 bridgehead atoms. The zero-order valence-electron chi connectivity index (χ0n) is 8.50. The fourth-order valence-electron chi connectivity index (χ4n) is 1.16. The van der Waals surface area contributed by atoms with Crippen LogP contribution in [-0.4, -0.2) is 26.0 Å². The van der Waals surface area contributed by atoms with E-state index in [0.29, 0.717) is 6.42 Å². The summed E-state index contributed by atoms with van der Waals surface area (Å²) < 4.78 is 29.7. The molecule has 1 heterocycles. The van der Waals surface area contributed by atoms with Gasteiger partial charge in [-0.1, -0.05) is 18.2 Å². The number of benzene rings is 1. The normalized spacial score (nSPS) is 13.5. The maximum Gasteiger partial charge on any atom is 0.397 e. The summed E-state index contributed by atoms with van der Waals surface area (Å²) in [6.07, 6.45) is 0.538. The maximum atomic E-state index is 10.8. The van der Waals surface area contributed by atoms with E-state index >= 15 is 0 Å². The molecule has 0 fully saturated rings. The van der Waals surface area contributed by atoms with Crippen LogP contribution in [0, 0.1) is 0 Å².